The van der Waals surface area contributed by atoms with Gasteiger partial charge in [0.05, 0.1) is 0 Å². The van der Waals surface area contributed by atoms with Crippen LogP contribution in [0, 0.1) is 0 Å². The third kappa shape index (κ3) is 4.77. The lowest BCUT2D eigenvalue weighted by molar-refractivity contribution is 1.51. The molecule has 1 aliphatic rings. The Bertz CT molecular complexity index is 2640. The van der Waals surface area contributed by atoms with E-state index >= 15 is 0 Å². The SMILES string of the molecule is c1ccc(C(=C(c2ccccc2)c2ccc3c4c(cccc24)-c2c-3c(-c3ccccc3)c3ccccc3c2-c2ccccc2)c2ccccc2)cc1. The minimum atomic E-state index is 1.20. The van der Waals surface area contributed by atoms with E-state index in [1.54, 1.807) is 0 Å². The molecule has 0 aliphatic heterocycles. The standard InChI is InChI=1S/C52H34/c1-6-19-35(20-7-1)46(36-21-8-2-9-22-36)47(37-23-10-3-11-24-37)43-33-34-45-50-42(43)31-18-32-44(50)51-48(38-25-12-4-13-26-38)40-29-16-17-30-41(40)49(52(45)51)39-27-14-5-15-28-39/h1-34H. The number of hydrogen-bond donors (Lipinski definition) is 0. The number of fused-ring (bicyclic) bond motifs is 4. The first-order valence-electron chi connectivity index (χ1n) is 18.0. The van der Waals surface area contributed by atoms with Crippen LogP contribution in [0.1, 0.15) is 22.3 Å². The average molecular weight is 659 g/mol. The van der Waals surface area contributed by atoms with Crippen LogP contribution in [0.15, 0.2) is 206 Å². The van der Waals surface area contributed by atoms with E-state index < -0.39 is 0 Å². The zero-order chi connectivity index (χ0) is 34.4. The highest BCUT2D eigenvalue weighted by atomic mass is 14.3. The van der Waals surface area contributed by atoms with Gasteiger partial charge in [0.15, 0.2) is 0 Å². The molecule has 9 aromatic rings. The zero-order valence-electron chi connectivity index (χ0n) is 28.6. The average Bonchev–Trinajstić information content (AvgIpc) is 3.55. The molecule has 0 saturated heterocycles. The molecule has 0 fully saturated rings. The maximum atomic E-state index is 2.40. The molecule has 0 bridgehead atoms. The van der Waals surface area contributed by atoms with Gasteiger partial charge < -0.3 is 0 Å². The molecule has 0 unspecified atom stereocenters. The van der Waals surface area contributed by atoms with Crippen LogP contribution in [-0.4, -0.2) is 0 Å². The van der Waals surface area contributed by atoms with Crippen molar-refractivity contribution in [3.05, 3.63) is 229 Å². The maximum absolute atomic E-state index is 2.40. The quantitative estimate of drug-likeness (QED) is 0.156. The molecule has 242 valence electrons. The first-order valence-corrected chi connectivity index (χ1v) is 18.0. The number of rotatable bonds is 6. The van der Waals surface area contributed by atoms with Crippen molar-refractivity contribution >= 4 is 32.7 Å². The summed E-state index contributed by atoms with van der Waals surface area (Å²) < 4.78 is 0. The Labute approximate surface area is 304 Å². The second kappa shape index (κ2) is 12.5. The van der Waals surface area contributed by atoms with Gasteiger partial charge in [0.1, 0.15) is 0 Å². The lowest BCUT2D eigenvalue weighted by Gasteiger charge is -2.20. The summed E-state index contributed by atoms with van der Waals surface area (Å²) in [4.78, 5) is 0. The lowest BCUT2D eigenvalue weighted by atomic mass is 9.82. The summed E-state index contributed by atoms with van der Waals surface area (Å²) in [6.45, 7) is 0. The minimum absolute atomic E-state index is 1.20. The van der Waals surface area contributed by atoms with Gasteiger partial charge in [-0.3, -0.25) is 0 Å². The van der Waals surface area contributed by atoms with Crippen LogP contribution in [-0.2, 0) is 0 Å². The van der Waals surface area contributed by atoms with Crippen LogP contribution >= 0.6 is 0 Å². The van der Waals surface area contributed by atoms with E-state index in [1.165, 1.54) is 99.5 Å². The Kier molecular flexibility index (Phi) is 7.25. The summed E-state index contributed by atoms with van der Waals surface area (Å²) in [6, 6.07) is 75.3. The van der Waals surface area contributed by atoms with Gasteiger partial charge >= 0.3 is 0 Å². The molecule has 0 heterocycles. The van der Waals surface area contributed by atoms with Crippen molar-refractivity contribution in [3.63, 3.8) is 0 Å². The molecule has 1 aliphatic carbocycles. The highest BCUT2D eigenvalue weighted by Gasteiger charge is 2.31. The predicted octanol–water partition coefficient (Wildman–Crippen LogP) is 14.0. The van der Waals surface area contributed by atoms with Crippen LogP contribution in [0.3, 0.4) is 0 Å². The third-order valence-electron chi connectivity index (χ3n) is 10.6. The molecule has 0 aromatic heterocycles. The van der Waals surface area contributed by atoms with Crippen molar-refractivity contribution in [2.75, 3.05) is 0 Å². The summed E-state index contributed by atoms with van der Waals surface area (Å²) in [5, 5.41) is 5.12. The van der Waals surface area contributed by atoms with Gasteiger partial charge in [-0.15, -0.1) is 0 Å². The van der Waals surface area contributed by atoms with Crippen molar-refractivity contribution in [2.45, 2.75) is 0 Å². The molecule has 0 nitrogen and oxygen atoms in total. The highest BCUT2D eigenvalue weighted by Crippen LogP contribution is 2.58. The number of benzene rings is 9. The van der Waals surface area contributed by atoms with E-state index in [0.717, 1.165) is 0 Å². The third-order valence-corrected chi connectivity index (χ3v) is 10.6. The Morgan fingerprint density at radius 3 is 1.12 bits per heavy atom. The normalized spacial score (nSPS) is 11.5. The largest absolute Gasteiger partial charge is 0.0622 e. The summed E-state index contributed by atoms with van der Waals surface area (Å²) in [7, 11) is 0. The van der Waals surface area contributed by atoms with E-state index in [4.69, 9.17) is 0 Å². The second-order valence-electron chi connectivity index (χ2n) is 13.5. The van der Waals surface area contributed by atoms with E-state index in [2.05, 4.69) is 206 Å². The van der Waals surface area contributed by atoms with E-state index in [0.29, 0.717) is 0 Å². The summed E-state index contributed by atoms with van der Waals surface area (Å²) in [5.74, 6) is 0. The fraction of sp³-hybridized carbons (Fsp3) is 0. The van der Waals surface area contributed by atoms with Crippen LogP contribution in [0.25, 0.3) is 77.2 Å². The molecule has 0 amide bonds. The van der Waals surface area contributed by atoms with Gasteiger partial charge in [-0.1, -0.05) is 206 Å². The Morgan fingerprint density at radius 2 is 0.635 bits per heavy atom. The predicted molar refractivity (Wildman–Crippen MR) is 221 cm³/mol. The van der Waals surface area contributed by atoms with E-state index in [-0.39, 0.29) is 0 Å². The maximum Gasteiger partial charge on any atom is -0.000741 e. The van der Waals surface area contributed by atoms with Crippen LogP contribution < -0.4 is 0 Å². The molecule has 0 saturated carbocycles. The molecule has 0 atom stereocenters. The molecular formula is C52H34. The van der Waals surface area contributed by atoms with Crippen LogP contribution in [0.2, 0.25) is 0 Å². The van der Waals surface area contributed by atoms with Crippen molar-refractivity contribution in [1.29, 1.82) is 0 Å². The smallest absolute Gasteiger partial charge is 0.000741 e. The molecule has 10 rings (SSSR count). The Morgan fingerprint density at radius 1 is 0.250 bits per heavy atom. The van der Waals surface area contributed by atoms with Gasteiger partial charge in [-0.05, 0) is 99.5 Å². The summed E-state index contributed by atoms with van der Waals surface area (Å²) in [5.41, 5.74) is 17.6. The number of hydrogen-bond acceptors (Lipinski definition) is 0. The molecular weight excluding hydrogens is 625 g/mol. The van der Waals surface area contributed by atoms with Gasteiger partial charge in [-0.2, -0.15) is 0 Å². The first-order chi connectivity index (χ1) is 25.9. The first kappa shape index (κ1) is 30.1. The van der Waals surface area contributed by atoms with Crippen molar-refractivity contribution in [1.82, 2.24) is 0 Å². The molecule has 0 spiro atoms. The minimum Gasteiger partial charge on any atom is -0.0622 e. The van der Waals surface area contributed by atoms with Crippen molar-refractivity contribution < 1.29 is 0 Å². The fourth-order valence-corrected chi connectivity index (χ4v) is 8.53. The highest BCUT2D eigenvalue weighted by molar-refractivity contribution is 6.29. The fourth-order valence-electron chi connectivity index (χ4n) is 8.53. The molecule has 0 radical (unpaired) electrons. The van der Waals surface area contributed by atoms with Gasteiger partial charge in [0.25, 0.3) is 0 Å². The van der Waals surface area contributed by atoms with Crippen LogP contribution in [0.5, 0.6) is 0 Å². The van der Waals surface area contributed by atoms with Gasteiger partial charge in [0, 0.05) is 0 Å². The summed E-state index contributed by atoms with van der Waals surface area (Å²) in [6.07, 6.45) is 0. The van der Waals surface area contributed by atoms with Crippen molar-refractivity contribution in [3.8, 4) is 44.5 Å². The summed E-state index contributed by atoms with van der Waals surface area (Å²) >= 11 is 0. The van der Waals surface area contributed by atoms with Gasteiger partial charge in [0.2, 0.25) is 0 Å². The Balaban J connectivity index is 1.37. The van der Waals surface area contributed by atoms with Crippen LogP contribution in [0.4, 0.5) is 0 Å². The second-order valence-corrected chi connectivity index (χ2v) is 13.5. The van der Waals surface area contributed by atoms with Crippen molar-refractivity contribution in [2.24, 2.45) is 0 Å². The molecule has 0 N–H and O–H groups in total. The lowest BCUT2D eigenvalue weighted by Crippen LogP contribution is -1.98. The van der Waals surface area contributed by atoms with Gasteiger partial charge in [-0.25, -0.2) is 0 Å². The molecule has 0 heteroatoms. The zero-order valence-corrected chi connectivity index (χ0v) is 28.6. The molecule has 52 heavy (non-hydrogen) atoms. The Hall–Kier alpha value is -6.76. The molecule has 9 aromatic carbocycles. The topological polar surface area (TPSA) is 0 Å². The van der Waals surface area contributed by atoms with E-state index in [9.17, 15) is 0 Å². The monoisotopic (exact) mass is 658 g/mol. The van der Waals surface area contributed by atoms with E-state index in [1.807, 2.05) is 0 Å².